The Morgan fingerprint density at radius 2 is 1.95 bits per heavy atom. The molecule has 106 valence electrons. The van der Waals surface area contributed by atoms with Crippen LogP contribution >= 0.6 is 28.1 Å². The molecule has 0 heterocycles. The zero-order valence-corrected chi connectivity index (χ0v) is 14.1. The van der Waals surface area contributed by atoms with Gasteiger partial charge in [0.2, 0.25) is 0 Å². The molecule has 0 aliphatic carbocycles. The molecule has 0 spiro atoms. The van der Waals surface area contributed by atoms with E-state index in [1.165, 1.54) is 11.1 Å². The fourth-order valence-corrected chi connectivity index (χ4v) is 2.16. The van der Waals surface area contributed by atoms with Gasteiger partial charge in [0.1, 0.15) is 0 Å². The summed E-state index contributed by atoms with van der Waals surface area (Å²) in [4.78, 5) is 0. The number of hydrogen-bond donors (Lipinski definition) is 2. The van der Waals surface area contributed by atoms with Crippen molar-refractivity contribution < 1.29 is 4.74 Å². The lowest BCUT2D eigenvalue weighted by Gasteiger charge is -2.13. The maximum Gasteiger partial charge on any atom is 0.170 e. The van der Waals surface area contributed by atoms with Crippen LogP contribution in [0.5, 0.6) is 0 Å². The van der Waals surface area contributed by atoms with E-state index in [0.29, 0.717) is 5.11 Å². The highest BCUT2D eigenvalue weighted by Crippen LogP contribution is 2.24. The Balaban J connectivity index is 2.40. The van der Waals surface area contributed by atoms with Gasteiger partial charge in [-0.05, 0) is 62.7 Å². The molecule has 1 aromatic rings. The summed E-state index contributed by atoms with van der Waals surface area (Å²) in [6, 6.07) is 4.15. The van der Waals surface area contributed by atoms with E-state index in [-0.39, 0.29) is 0 Å². The Bertz CT molecular complexity index is 414. The lowest BCUT2D eigenvalue weighted by Crippen LogP contribution is -2.29. The van der Waals surface area contributed by atoms with Crippen LogP contribution in [0.3, 0.4) is 0 Å². The SMILES string of the molecule is CCOCCCNC(=S)Nc1cc(C)c(Br)c(C)c1. The number of hydrogen-bond acceptors (Lipinski definition) is 2. The fraction of sp³-hybridized carbons (Fsp3) is 0.500. The molecule has 1 aromatic carbocycles. The van der Waals surface area contributed by atoms with Crippen LogP contribution < -0.4 is 10.6 Å². The molecule has 1 rings (SSSR count). The Kier molecular flexibility index (Phi) is 7.34. The van der Waals surface area contributed by atoms with Gasteiger partial charge in [-0.15, -0.1) is 0 Å². The monoisotopic (exact) mass is 344 g/mol. The molecular formula is C14H21BrN2OS. The van der Waals surface area contributed by atoms with Gasteiger partial charge in [0.15, 0.2) is 5.11 Å². The maximum absolute atomic E-state index is 5.27. The predicted octanol–water partition coefficient (Wildman–Crippen LogP) is 3.78. The van der Waals surface area contributed by atoms with Gasteiger partial charge < -0.3 is 15.4 Å². The van der Waals surface area contributed by atoms with E-state index in [9.17, 15) is 0 Å². The molecule has 0 saturated heterocycles. The fourth-order valence-electron chi connectivity index (χ4n) is 1.71. The van der Waals surface area contributed by atoms with E-state index in [1.807, 2.05) is 6.92 Å². The summed E-state index contributed by atoms with van der Waals surface area (Å²) >= 11 is 8.81. The summed E-state index contributed by atoms with van der Waals surface area (Å²) in [5.41, 5.74) is 3.41. The quantitative estimate of drug-likeness (QED) is 0.607. The number of anilines is 1. The number of nitrogens with one attached hydrogen (secondary N) is 2. The third-order valence-corrected chi connectivity index (χ3v) is 4.15. The first-order valence-electron chi connectivity index (χ1n) is 6.44. The molecule has 0 atom stereocenters. The van der Waals surface area contributed by atoms with Gasteiger partial charge in [0.25, 0.3) is 0 Å². The second-order valence-electron chi connectivity index (χ2n) is 4.36. The molecule has 2 N–H and O–H groups in total. The number of halogens is 1. The number of ether oxygens (including phenoxy) is 1. The van der Waals surface area contributed by atoms with E-state index in [0.717, 1.165) is 36.3 Å². The highest BCUT2D eigenvalue weighted by Gasteiger charge is 2.03. The molecular weight excluding hydrogens is 324 g/mol. The van der Waals surface area contributed by atoms with E-state index in [1.54, 1.807) is 0 Å². The molecule has 0 bridgehead atoms. The van der Waals surface area contributed by atoms with Crippen LogP contribution in [-0.2, 0) is 4.74 Å². The molecule has 0 aliphatic heterocycles. The van der Waals surface area contributed by atoms with Crippen molar-refractivity contribution in [1.29, 1.82) is 0 Å². The first kappa shape index (κ1) is 16.4. The van der Waals surface area contributed by atoms with Crippen molar-refractivity contribution in [2.75, 3.05) is 25.1 Å². The van der Waals surface area contributed by atoms with Crippen molar-refractivity contribution >= 4 is 38.9 Å². The Morgan fingerprint density at radius 3 is 2.53 bits per heavy atom. The van der Waals surface area contributed by atoms with Gasteiger partial charge >= 0.3 is 0 Å². The van der Waals surface area contributed by atoms with Gasteiger partial charge in [-0.25, -0.2) is 0 Å². The van der Waals surface area contributed by atoms with Gasteiger partial charge in [0, 0.05) is 29.9 Å². The minimum atomic E-state index is 0.651. The van der Waals surface area contributed by atoms with Crippen LogP contribution in [0, 0.1) is 13.8 Å². The molecule has 0 aliphatic rings. The number of benzene rings is 1. The summed E-state index contributed by atoms with van der Waals surface area (Å²) in [7, 11) is 0. The van der Waals surface area contributed by atoms with E-state index in [4.69, 9.17) is 17.0 Å². The van der Waals surface area contributed by atoms with E-state index >= 15 is 0 Å². The summed E-state index contributed by atoms with van der Waals surface area (Å²) in [6.07, 6.45) is 0.952. The topological polar surface area (TPSA) is 33.3 Å². The lowest BCUT2D eigenvalue weighted by molar-refractivity contribution is 0.146. The molecule has 0 fully saturated rings. The first-order chi connectivity index (χ1) is 9.04. The number of thiocarbonyl (C=S) groups is 1. The highest BCUT2D eigenvalue weighted by molar-refractivity contribution is 9.10. The van der Waals surface area contributed by atoms with Crippen molar-refractivity contribution in [1.82, 2.24) is 5.32 Å². The molecule has 19 heavy (non-hydrogen) atoms. The molecule has 5 heteroatoms. The second-order valence-corrected chi connectivity index (χ2v) is 5.56. The normalized spacial score (nSPS) is 10.3. The van der Waals surface area contributed by atoms with Crippen molar-refractivity contribution in [2.24, 2.45) is 0 Å². The van der Waals surface area contributed by atoms with Crippen molar-refractivity contribution in [3.05, 3.63) is 27.7 Å². The van der Waals surface area contributed by atoms with Gasteiger partial charge in [-0.2, -0.15) is 0 Å². The molecule has 0 amide bonds. The standard InChI is InChI=1S/C14H21BrN2OS/c1-4-18-7-5-6-16-14(19)17-12-8-10(2)13(15)11(3)9-12/h8-9H,4-7H2,1-3H3,(H2,16,17,19). The summed E-state index contributed by atoms with van der Waals surface area (Å²) in [6.45, 7) is 8.49. The Hall–Kier alpha value is -0.650. The van der Waals surface area contributed by atoms with Crippen LogP contribution in [0.15, 0.2) is 16.6 Å². The Morgan fingerprint density at radius 1 is 1.32 bits per heavy atom. The maximum atomic E-state index is 5.27. The minimum absolute atomic E-state index is 0.651. The van der Waals surface area contributed by atoms with E-state index in [2.05, 4.69) is 52.5 Å². The zero-order chi connectivity index (χ0) is 14.3. The highest BCUT2D eigenvalue weighted by atomic mass is 79.9. The van der Waals surface area contributed by atoms with Crippen molar-refractivity contribution in [3.8, 4) is 0 Å². The zero-order valence-electron chi connectivity index (χ0n) is 11.7. The van der Waals surface area contributed by atoms with Gasteiger partial charge in [-0.3, -0.25) is 0 Å². The van der Waals surface area contributed by atoms with Gasteiger partial charge in [0.05, 0.1) is 0 Å². The molecule has 0 aromatic heterocycles. The average molecular weight is 345 g/mol. The lowest BCUT2D eigenvalue weighted by atomic mass is 10.1. The predicted molar refractivity (Wildman–Crippen MR) is 88.9 cm³/mol. The number of aryl methyl sites for hydroxylation is 2. The average Bonchev–Trinajstić information content (AvgIpc) is 2.35. The largest absolute Gasteiger partial charge is 0.382 e. The molecule has 0 saturated carbocycles. The van der Waals surface area contributed by atoms with Crippen LogP contribution in [0.1, 0.15) is 24.5 Å². The number of rotatable bonds is 6. The molecule has 0 unspecified atom stereocenters. The van der Waals surface area contributed by atoms with Crippen LogP contribution in [-0.4, -0.2) is 24.9 Å². The van der Waals surface area contributed by atoms with Gasteiger partial charge in [-0.1, -0.05) is 15.9 Å². The summed E-state index contributed by atoms with van der Waals surface area (Å²) in [5, 5.41) is 7.02. The first-order valence-corrected chi connectivity index (χ1v) is 7.64. The second kappa shape index (κ2) is 8.51. The smallest absolute Gasteiger partial charge is 0.170 e. The minimum Gasteiger partial charge on any atom is -0.382 e. The van der Waals surface area contributed by atoms with Crippen LogP contribution in [0.4, 0.5) is 5.69 Å². The third kappa shape index (κ3) is 5.89. The molecule has 0 radical (unpaired) electrons. The summed E-state index contributed by atoms with van der Waals surface area (Å²) < 4.78 is 6.42. The van der Waals surface area contributed by atoms with Crippen LogP contribution in [0.2, 0.25) is 0 Å². The summed E-state index contributed by atoms with van der Waals surface area (Å²) in [5.74, 6) is 0. The third-order valence-electron chi connectivity index (χ3n) is 2.65. The van der Waals surface area contributed by atoms with Crippen molar-refractivity contribution in [3.63, 3.8) is 0 Å². The Labute approximate surface area is 129 Å². The van der Waals surface area contributed by atoms with E-state index < -0.39 is 0 Å². The van der Waals surface area contributed by atoms with Crippen LogP contribution in [0.25, 0.3) is 0 Å². The van der Waals surface area contributed by atoms with Crippen molar-refractivity contribution in [2.45, 2.75) is 27.2 Å². The molecule has 3 nitrogen and oxygen atoms in total.